The van der Waals surface area contributed by atoms with E-state index in [-0.39, 0.29) is 5.60 Å². The van der Waals surface area contributed by atoms with E-state index in [4.69, 9.17) is 4.74 Å². The lowest BCUT2D eigenvalue weighted by atomic mass is 9.82. The third-order valence-corrected chi connectivity index (χ3v) is 2.25. The minimum absolute atomic E-state index is 0.182. The quantitative estimate of drug-likeness (QED) is 0.583. The van der Waals surface area contributed by atoms with Crippen molar-refractivity contribution in [2.45, 2.75) is 37.9 Å². The average molecular weight is 156 g/mol. The number of methoxy groups -OCH3 is 1. The molecule has 0 saturated heterocycles. The van der Waals surface area contributed by atoms with E-state index >= 15 is 0 Å². The highest BCUT2D eigenvalue weighted by Crippen LogP contribution is 2.32. The maximum atomic E-state index is 9.67. The van der Waals surface area contributed by atoms with Crippen molar-refractivity contribution >= 4 is 0 Å². The van der Waals surface area contributed by atoms with E-state index in [1.165, 1.54) is 0 Å². The zero-order valence-corrected chi connectivity index (χ0v) is 7.42. The molecule has 0 saturated carbocycles. The van der Waals surface area contributed by atoms with Crippen molar-refractivity contribution < 1.29 is 9.84 Å². The van der Waals surface area contributed by atoms with Crippen molar-refractivity contribution in [2.75, 3.05) is 7.11 Å². The first-order chi connectivity index (χ1) is 4.97. The van der Waals surface area contributed by atoms with Crippen molar-refractivity contribution in [1.82, 2.24) is 0 Å². The van der Waals surface area contributed by atoms with Crippen LogP contribution in [0.3, 0.4) is 0 Å². The lowest BCUT2D eigenvalue weighted by molar-refractivity contribution is -0.0565. The second kappa shape index (κ2) is 2.61. The van der Waals surface area contributed by atoms with Crippen LogP contribution in [0, 0.1) is 0 Å². The minimum atomic E-state index is -0.691. The Bertz CT molecular complexity index is 172. The van der Waals surface area contributed by atoms with Crippen LogP contribution in [-0.2, 0) is 4.74 Å². The van der Waals surface area contributed by atoms with Gasteiger partial charge < -0.3 is 9.84 Å². The van der Waals surface area contributed by atoms with Crippen LogP contribution in [0.1, 0.15) is 26.7 Å². The molecule has 0 heterocycles. The Morgan fingerprint density at radius 3 is 2.45 bits per heavy atom. The first-order valence-corrected chi connectivity index (χ1v) is 3.93. The molecule has 0 fully saturated rings. The van der Waals surface area contributed by atoms with E-state index in [1.807, 2.05) is 19.1 Å². The Labute approximate surface area is 67.9 Å². The van der Waals surface area contributed by atoms with Gasteiger partial charge in [0.05, 0.1) is 11.2 Å². The van der Waals surface area contributed by atoms with Crippen molar-refractivity contribution in [1.29, 1.82) is 0 Å². The zero-order valence-electron chi connectivity index (χ0n) is 7.42. The van der Waals surface area contributed by atoms with Gasteiger partial charge in [-0.05, 0) is 20.3 Å². The summed E-state index contributed by atoms with van der Waals surface area (Å²) in [5, 5.41) is 9.67. The molecular weight excluding hydrogens is 140 g/mol. The molecule has 0 spiro atoms. The van der Waals surface area contributed by atoms with Gasteiger partial charge in [0.2, 0.25) is 0 Å². The molecule has 1 aliphatic carbocycles. The van der Waals surface area contributed by atoms with Gasteiger partial charge in [0.1, 0.15) is 0 Å². The summed E-state index contributed by atoms with van der Waals surface area (Å²) in [7, 11) is 1.69. The molecule has 1 N–H and O–H groups in total. The van der Waals surface area contributed by atoms with Crippen molar-refractivity contribution in [3.63, 3.8) is 0 Å². The van der Waals surface area contributed by atoms with Crippen LogP contribution >= 0.6 is 0 Å². The van der Waals surface area contributed by atoms with E-state index in [0.717, 1.165) is 6.42 Å². The van der Waals surface area contributed by atoms with Crippen molar-refractivity contribution in [3.8, 4) is 0 Å². The standard InChI is InChI=1S/C9H16O2/c1-8(10)5-4-6-9(2,7-8)11-3/h4-5,10H,6-7H2,1-3H3. The fourth-order valence-corrected chi connectivity index (χ4v) is 1.61. The number of ether oxygens (including phenoxy) is 1. The van der Waals surface area contributed by atoms with E-state index in [0.29, 0.717) is 6.42 Å². The smallest absolute Gasteiger partial charge is 0.0827 e. The van der Waals surface area contributed by atoms with Gasteiger partial charge >= 0.3 is 0 Å². The van der Waals surface area contributed by atoms with E-state index in [1.54, 1.807) is 14.0 Å². The summed E-state index contributed by atoms with van der Waals surface area (Å²) >= 11 is 0. The molecule has 0 aliphatic heterocycles. The highest BCUT2D eigenvalue weighted by Gasteiger charge is 2.34. The van der Waals surface area contributed by atoms with Crippen LogP contribution in [0.25, 0.3) is 0 Å². The van der Waals surface area contributed by atoms with Gasteiger partial charge in [0.15, 0.2) is 0 Å². The SMILES string of the molecule is COC1(C)CC=CC(C)(O)C1. The van der Waals surface area contributed by atoms with Gasteiger partial charge in [-0.3, -0.25) is 0 Å². The van der Waals surface area contributed by atoms with Crippen LogP contribution in [0.5, 0.6) is 0 Å². The average Bonchev–Trinajstić information content (AvgIpc) is 1.85. The summed E-state index contributed by atoms with van der Waals surface area (Å²) in [6.45, 7) is 3.82. The first-order valence-electron chi connectivity index (χ1n) is 3.93. The molecule has 2 nitrogen and oxygen atoms in total. The number of rotatable bonds is 1. The summed E-state index contributed by atoms with van der Waals surface area (Å²) < 4.78 is 5.30. The first kappa shape index (κ1) is 8.75. The number of aliphatic hydroxyl groups is 1. The molecule has 0 aromatic carbocycles. The Morgan fingerprint density at radius 2 is 2.09 bits per heavy atom. The Kier molecular flexibility index (Phi) is 2.08. The third kappa shape index (κ3) is 2.04. The topological polar surface area (TPSA) is 29.5 Å². The second-order valence-corrected chi connectivity index (χ2v) is 3.79. The zero-order chi connectivity index (χ0) is 8.54. The minimum Gasteiger partial charge on any atom is -0.386 e. The fourth-order valence-electron chi connectivity index (χ4n) is 1.61. The van der Waals surface area contributed by atoms with E-state index in [2.05, 4.69) is 0 Å². The normalized spacial score (nSPS) is 44.4. The summed E-state index contributed by atoms with van der Waals surface area (Å²) in [6.07, 6.45) is 5.38. The summed E-state index contributed by atoms with van der Waals surface area (Å²) in [4.78, 5) is 0. The molecule has 1 aliphatic rings. The Morgan fingerprint density at radius 1 is 1.45 bits per heavy atom. The maximum Gasteiger partial charge on any atom is 0.0827 e. The van der Waals surface area contributed by atoms with Gasteiger partial charge in [-0.2, -0.15) is 0 Å². The molecule has 2 atom stereocenters. The molecule has 2 unspecified atom stereocenters. The van der Waals surface area contributed by atoms with Crippen LogP contribution < -0.4 is 0 Å². The Balaban J connectivity index is 2.73. The fraction of sp³-hybridized carbons (Fsp3) is 0.778. The van der Waals surface area contributed by atoms with Crippen LogP contribution in [0.15, 0.2) is 12.2 Å². The molecule has 0 radical (unpaired) electrons. The lowest BCUT2D eigenvalue weighted by Crippen LogP contribution is -2.40. The van der Waals surface area contributed by atoms with Crippen LogP contribution in [-0.4, -0.2) is 23.4 Å². The number of hydrogen-bond acceptors (Lipinski definition) is 2. The summed E-state index contributed by atoms with van der Waals surface area (Å²) in [6, 6.07) is 0. The third-order valence-electron chi connectivity index (χ3n) is 2.25. The van der Waals surface area contributed by atoms with Gasteiger partial charge in [0, 0.05) is 13.5 Å². The molecular formula is C9H16O2. The highest BCUT2D eigenvalue weighted by atomic mass is 16.5. The molecule has 2 heteroatoms. The number of hydrogen-bond donors (Lipinski definition) is 1. The molecule has 0 aromatic heterocycles. The molecule has 11 heavy (non-hydrogen) atoms. The van der Waals surface area contributed by atoms with Crippen molar-refractivity contribution in [3.05, 3.63) is 12.2 Å². The monoisotopic (exact) mass is 156 g/mol. The summed E-state index contributed by atoms with van der Waals surface area (Å²) in [5.74, 6) is 0. The molecule has 0 aromatic rings. The predicted molar refractivity (Wildman–Crippen MR) is 44.4 cm³/mol. The second-order valence-electron chi connectivity index (χ2n) is 3.79. The molecule has 0 bridgehead atoms. The van der Waals surface area contributed by atoms with E-state index < -0.39 is 5.60 Å². The molecule has 1 rings (SSSR count). The van der Waals surface area contributed by atoms with Gasteiger partial charge in [0.25, 0.3) is 0 Å². The molecule has 64 valence electrons. The van der Waals surface area contributed by atoms with Crippen molar-refractivity contribution in [2.24, 2.45) is 0 Å². The largest absolute Gasteiger partial charge is 0.386 e. The van der Waals surface area contributed by atoms with Crippen LogP contribution in [0.4, 0.5) is 0 Å². The predicted octanol–water partition coefficient (Wildman–Crippen LogP) is 1.49. The highest BCUT2D eigenvalue weighted by molar-refractivity contribution is 5.09. The van der Waals surface area contributed by atoms with E-state index in [9.17, 15) is 5.11 Å². The van der Waals surface area contributed by atoms with Crippen LogP contribution in [0.2, 0.25) is 0 Å². The molecule has 0 amide bonds. The van der Waals surface area contributed by atoms with Gasteiger partial charge in [-0.25, -0.2) is 0 Å². The van der Waals surface area contributed by atoms with Gasteiger partial charge in [-0.15, -0.1) is 0 Å². The summed E-state index contributed by atoms with van der Waals surface area (Å²) in [5.41, 5.74) is -0.874. The lowest BCUT2D eigenvalue weighted by Gasteiger charge is -2.36. The van der Waals surface area contributed by atoms with Gasteiger partial charge in [-0.1, -0.05) is 12.2 Å². The Hall–Kier alpha value is -0.340. The maximum absolute atomic E-state index is 9.67.